The number of halogens is 1. The number of benzene rings is 1. The number of carbonyl (C=O) groups is 2. The molecule has 7 heteroatoms. The molecule has 4 rings (SSSR count). The molecule has 0 saturated carbocycles. The van der Waals surface area contributed by atoms with Crippen molar-refractivity contribution in [2.45, 2.75) is 25.8 Å². The molecule has 0 bridgehead atoms. The molecule has 5 nitrogen and oxygen atoms in total. The molecule has 2 aliphatic heterocycles. The van der Waals surface area contributed by atoms with Crippen LogP contribution in [0.2, 0.25) is 5.02 Å². The Labute approximate surface area is 180 Å². The SMILES string of the molecule is O=C(NCC1CCN(Cc2cccs2)CC1)C1CC(=O)N(c2cccc(Cl)c2)C1. The van der Waals surface area contributed by atoms with Crippen LogP contribution in [0.1, 0.15) is 24.1 Å². The number of carbonyl (C=O) groups excluding carboxylic acids is 2. The van der Waals surface area contributed by atoms with Crippen LogP contribution >= 0.6 is 22.9 Å². The zero-order chi connectivity index (χ0) is 20.2. The van der Waals surface area contributed by atoms with Gasteiger partial charge in [-0.25, -0.2) is 0 Å². The third kappa shape index (κ3) is 5.18. The molecule has 1 aromatic carbocycles. The minimum atomic E-state index is -0.291. The van der Waals surface area contributed by atoms with Crippen molar-refractivity contribution in [3.05, 3.63) is 51.7 Å². The number of nitrogens with one attached hydrogen (secondary N) is 1. The van der Waals surface area contributed by atoms with Crippen molar-refractivity contribution in [2.75, 3.05) is 31.1 Å². The van der Waals surface area contributed by atoms with Crippen LogP contribution < -0.4 is 10.2 Å². The maximum absolute atomic E-state index is 12.6. The molecule has 154 valence electrons. The minimum absolute atomic E-state index is 0.0103. The molecule has 0 aliphatic carbocycles. The van der Waals surface area contributed by atoms with E-state index >= 15 is 0 Å². The van der Waals surface area contributed by atoms with Gasteiger partial charge in [-0.15, -0.1) is 11.3 Å². The number of likely N-dealkylation sites (tertiary alicyclic amines) is 1. The Hall–Kier alpha value is -1.89. The molecule has 2 saturated heterocycles. The van der Waals surface area contributed by atoms with Crippen molar-refractivity contribution in [3.8, 4) is 0 Å². The average Bonchev–Trinajstić information content (AvgIpc) is 3.37. The summed E-state index contributed by atoms with van der Waals surface area (Å²) in [4.78, 5) is 30.6. The summed E-state index contributed by atoms with van der Waals surface area (Å²) in [6, 6.07) is 11.5. The van der Waals surface area contributed by atoms with Crippen molar-refractivity contribution in [2.24, 2.45) is 11.8 Å². The third-order valence-corrected chi connectivity index (χ3v) is 6.94. The first kappa shape index (κ1) is 20.4. The topological polar surface area (TPSA) is 52.7 Å². The Morgan fingerprint density at radius 3 is 2.76 bits per heavy atom. The molecular weight excluding hydrogens is 406 g/mol. The number of amides is 2. The summed E-state index contributed by atoms with van der Waals surface area (Å²) < 4.78 is 0. The summed E-state index contributed by atoms with van der Waals surface area (Å²) in [6.45, 7) is 4.30. The van der Waals surface area contributed by atoms with Crippen LogP contribution in [-0.2, 0) is 16.1 Å². The zero-order valence-electron chi connectivity index (χ0n) is 16.4. The first-order valence-corrected chi connectivity index (χ1v) is 11.4. The number of thiophene rings is 1. The van der Waals surface area contributed by atoms with E-state index in [2.05, 4.69) is 27.7 Å². The lowest BCUT2D eigenvalue weighted by Gasteiger charge is -2.31. The van der Waals surface area contributed by atoms with Gasteiger partial charge in [-0.3, -0.25) is 14.5 Å². The molecule has 3 heterocycles. The molecular formula is C22H26ClN3O2S. The van der Waals surface area contributed by atoms with Crippen LogP contribution in [0.4, 0.5) is 5.69 Å². The summed E-state index contributed by atoms with van der Waals surface area (Å²) in [6.07, 6.45) is 2.46. The molecule has 0 radical (unpaired) electrons. The highest BCUT2D eigenvalue weighted by Gasteiger charge is 2.35. The first-order valence-electron chi connectivity index (χ1n) is 10.2. The van der Waals surface area contributed by atoms with Crippen LogP contribution in [-0.4, -0.2) is 42.9 Å². The Morgan fingerprint density at radius 2 is 2.03 bits per heavy atom. The number of rotatable bonds is 6. The van der Waals surface area contributed by atoms with E-state index in [1.165, 1.54) is 4.88 Å². The van der Waals surface area contributed by atoms with Gasteiger partial charge in [0, 0.05) is 41.6 Å². The molecule has 0 spiro atoms. The smallest absolute Gasteiger partial charge is 0.227 e. The van der Waals surface area contributed by atoms with Gasteiger partial charge in [0.05, 0.1) is 5.92 Å². The Balaban J connectivity index is 1.22. The number of piperidine rings is 1. The molecule has 2 aromatic rings. The van der Waals surface area contributed by atoms with Gasteiger partial charge in [-0.05, 0) is 61.5 Å². The predicted molar refractivity (Wildman–Crippen MR) is 117 cm³/mol. The lowest BCUT2D eigenvalue weighted by molar-refractivity contribution is -0.126. The fourth-order valence-corrected chi connectivity index (χ4v) is 5.07. The van der Waals surface area contributed by atoms with Crippen molar-refractivity contribution in [1.29, 1.82) is 0 Å². The van der Waals surface area contributed by atoms with E-state index in [-0.39, 0.29) is 24.2 Å². The minimum Gasteiger partial charge on any atom is -0.356 e. The highest BCUT2D eigenvalue weighted by atomic mass is 35.5. The van der Waals surface area contributed by atoms with E-state index in [0.717, 1.165) is 38.2 Å². The summed E-state index contributed by atoms with van der Waals surface area (Å²) in [5.41, 5.74) is 0.760. The van der Waals surface area contributed by atoms with Gasteiger partial charge < -0.3 is 10.2 Å². The predicted octanol–water partition coefficient (Wildman–Crippen LogP) is 3.78. The highest BCUT2D eigenvalue weighted by molar-refractivity contribution is 7.09. The average molecular weight is 432 g/mol. The second-order valence-corrected chi connectivity index (χ2v) is 9.40. The third-order valence-electron chi connectivity index (χ3n) is 5.85. The maximum atomic E-state index is 12.6. The van der Waals surface area contributed by atoms with Crippen LogP contribution in [0.25, 0.3) is 0 Å². The second kappa shape index (κ2) is 9.28. The maximum Gasteiger partial charge on any atom is 0.227 e. The summed E-state index contributed by atoms with van der Waals surface area (Å²) >= 11 is 7.84. The monoisotopic (exact) mass is 431 g/mol. The van der Waals surface area contributed by atoms with Crippen LogP contribution in [0.5, 0.6) is 0 Å². The Morgan fingerprint density at radius 1 is 1.21 bits per heavy atom. The lowest BCUT2D eigenvalue weighted by atomic mass is 9.96. The first-order chi connectivity index (χ1) is 14.1. The van der Waals surface area contributed by atoms with Gasteiger partial charge in [-0.2, -0.15) is 0 Å². The summed E-state index contributed by atoms with van der Waals surface area (Å²) in [7, 11) is 0. The van der Waals surface area contributed by atoms with Crippen molar-refractivity contribution in [1.82, 2.24) is 10.2 Å². The largest absolute Gasteiger partial charge is 0.356 e. The highest BCUT2D eigenvalue weighted by Crippen LogP contribution is 2.27. The van der Waals surface area contributed by atoms with E-state index in [0.29, 0.717) is 24.0 Å². The lowest BCUT2D eigenvalue weighted by Crippen LogP contribution is -2.40. The van der Waals surface area contributed by atoms with Gasteiger partial charge in [-0.1, -0.05) is 23.7 Å². The molecule has 1 N–H and O–H groups in total. The van der Waals surface area contributed by atoms with Gasteiger partial charge >= 0.3 is 0 Å². The second-order valence-electron chi connectivity index (χ2n) is 7.93. The van der Waals surface area contributed by atoms with E-state index in [9.17, 15) is 9.59 Å². The van der Waals surface area contributed by atoms with E-state index in [1.807, 2.05) is 23.5 Å². The van der Waals surface area contributed by atoms with E-state index < -0.39 is 0 Å². The van der Waals surface area contributed by atoms with Crippen LogP contribution in [0, 0.1) is 11.8 Å². The van der Waals surface area contributed by atoms with Crippen molar-refractivity contribution >= 4 is 40.4 Å². The van der Waals surface area contributed by atoms with Crippen molar-refractivity contribution < 1.29 is 9.59 Å². The Bertz CT molecular complexity index is 850. The molecule has 2 amide bonds. The fraction of sp³-hybridized carbons (Fsp3) is 0.455. The summed E-state index contributed by atoms with van der Waals surface area (Å²) in [5.74, 6) is 0.193. The molecule has 2 fully saturated rings. The standard InChI is InChI=1S/C22H26ClN3O2S/c23-18-3-1-4-19(12-18)26-14-17(11-21(26)27)22(28)24-13-16-6-8-25(9-7-16)15-20-5-2-10-29-20/h1-5,10,12,16-17H,6-9,11,13-15H2,(H,24,28). The number of hydrogen-bond acceptors (Lipinski definition) is 4. The van der Waals surface area contributed by atoms with Gasteiger partial charge in [0.25, 0.3) is 0 Å². The molecule has 29 heavy (non-hydrogen) atoms. The van der Waals surface area contributed by atoms with Crippen LogP contribution in [0.15, 0.2) is 41.8 Å². The van der Waals surface area contributed by atoms with Gasteiger partial charge in [0.1, 0.15) is 0 Å². The molecule has 1 aromatic heterocycles. The van der Waals surface area contributed by atoms with Gasteiger partial charge in [0.2, 0.25) is 11.8 Å². The zero-order valence-corrected chi connectivity index (χ0v) is 17.9. The number of anilines is 1. The van der Waals surface area contributed by atoms with Gasteiger partial charge in [0.15, 0.2) is 0 Å². The fourth-order valence-electron chi connectivity index (χ4n) is 4.14. The number of hydrogen-bond donors (Lipinski definition) is 1. The normalized spacial score (nSPS) is 20.9. The van der Waals surface area contributed by atoms with Crippen LogP contribution in [0.3, 0.4) is 0 Å². The Kier molecular flexibility index (Phi) is 6.53. The van der Waals surface area contributed by atoms with Crippen molar-refractivity contribution in [3.63, 3.8) is 0 Å². The molecule has 2 aliphatic rings. The molecule has 1 atom stereocenters. The number of nitrogens with zero attached hydrogens (tertiary/aromatic N) is 2. The molecule has 1 unspecified atom stereocenters. The quantitative estimate of drug-likeness (QED) is 0.757. The van der Waals surface area contributed by atoms with E-state index in [1.54, 1.807) is 17.0 Å². The van der Waals surface area contributed by atoms with E-state index in [4.69, 9.17) is 11.6 Å². The summed E-state index contributed by atoms with van der Waals surface area (Å²) in [5, 5.41) is 5.81.